The van der Waals surface area contributed by atoms with Gasteiger partial charge in [0, 0.05) is 35.8 Å². The van der Waals surface area contributed by atoms with Crippen LogP contribution < -0.4 is 10.1 Å². The van der Waals surface area contributed by atoms with Crippen molar-refractivity contribution in [3.63, 3.8) is 0 Å². The third-order valence-electron chi connectivity index (χ3n) is 3.68. The molecule has 6 nitrogen and oxygen atoms in total. The largest absolute Gasteiger partial charge is 0.491 e. The predicted octanol–water partition coefficient (Wildman–Crippen LogP) is 3.38. The van der Waals surface area contributed by atoms with Crippen LogP contribution in [0.4, 0.5) is 5.69 Å². The highest BCUT2D eigenvalue weighted by Gasteiger charge is 2.20. The molecular weight excluding hydrogens is 348 g/mol. The lowest BCUT2D eigenvalue weighted by Crippen LogP contribution is -2.11. The van der Waals surface area contributed by atoms with Crippen LogP contribution in [0.2, 0.25) is 5.02 Å². The Morgan fingerprint density at radius 3 is 3.08 bits per heavy atom. The quantitative estimate of drug-likeness (QED) is 0.777. The van der Waals surface area contributed by atoms with Gasteiger partial charge in [0.1, 0.15) is 15.6 Å². The highest BCUT2D eigenvalue weighted by Crippen LogP contribution is 2.37. The number of anilines is 1. The van der Waals surface area contributed by atoms with E-state index in [9.17, 15) is 4.79 Å². The van der Waals surface area contributed by atoms with Gasteiger partial charge in [-0.05, 0) is 12.1 Å². The molecule has 1 aliphatic rings. The molecule has 1 aliphatic heterocycles. The Morgan fingerprint density at radius 1 is 1.42 bits per heavy atom. The number of ether oxygens (including phenoxy) is 1. The SMILES string of the molecule is Cn1cc(-c2ncc(C(=O)Nc3cc(Cl)cc4c3OCC4)s2)cn1. The Labute approximate surface area is 147 Å². The van der Waals surface area contributed by atoms with Gasteiger partial charge < -0.3 is 10.1 Å². The Kier molecular flexibility index (Phi) is 3.74. The molecule has 3 heterocycles. The van der Waals surface area contributed by atoms with E-state index >= 15 is 0 Å². The molecule has 3 aromatic rings. The van der Waals surface area contributed by atoms with Crippen molar-refractivity contribution < 1.29 is 9.53 Å². The number of nitrogens with one attached hydrogen (secondary N) is 1. The number of hydrogen-bond acceptors (Lipinski definition) is 5. The van der Waals surface area contributed by atoms with Crippen LogP contribution in [0.1, 0.15) is 15.2 Å². The maximum atomic E-state index is 12.5. The van der Waals surface area contributed by atoms with Gasteiger partial charge in [0.2, 0.25) is 0 Å². The van der Waals surface area contributed by atoms with Gasteiger partial charge in [-0.3, -0.25) is 9.48 Å². The molecule has 0 radical (unpaired) electrons. The van der Waals surface area contributed by atoms with Crippen molar-refractivity contribution in [3.8, 4) is 16.3 Å². The number of rotatable bonds is 3. The minimum atomic E-state index is -0.234. The molecule has 0 saturated heterocycles. The Hall–Kier alpha value is -2.38. The molecule has 0 fully saturated rings. The summed E-state index contributed by atoms with van der Waals surface area (Å²) in [5.41, 5.74) is 2.49. The van der Waals surface area contributed by atoms with Crippen LogP contribution in [-0.2, 0) is 13.5 Å². The Balaban J connectivity index is 1.58. The fourth-order valence-corrected chi connectivity index (χ4v) is 3.62. The standard InChI is InChI=1S/C16H13ClN4O2S/c1-21-8-10(6-19-21)16-18-7-13(24-16)15(22)20-12-5-11(17)4-9-2-3-23-14(9)12/h4-8H,2-3H2,1H3,(H,20,22). The van der Waals surface area contributed by atoms with Gasteiger partial charge in [-0.2, -0.15) is 5.10 Å². The molecule has 4 rings (SSSR count). The van der Waals surface area contributed by atoms with Crippen LogP contribution in [0.25, 0.3) is 10.6 Å². The first-order valence-corrected chi connectivity index (χ1v) is 8.51. The molecule has 0 spiro atoms. The summed E-state index contributed by atoms with van der Waals surface area (Å²) in [4.78, 5) is 17.3. The second-order valence-corrected chi connectivity index (χ2v) is 6.89. The van der Waals surface area contributed by atoms with Crippen molar-refractivity contribution in [3.05, 3.63) is 46.2 Å². The van der Waals surface area contributed by atoms with Gasteiger partial charge in [0.25, 0.3) is 5.91 Å². The first kappa shape index (κ1) is 15.2. The normalized spacial score (nSPS) is 12.8. The second-order valence-electron chi connectivity index (χ2n) is 5.43. The maximum Gasteiger partial charge on any atom is 0.267 e. The second kappa shape index (κ2) is 5.92. The molecule has 2 aromatic heterocycles. The highest BCUT2D eigenvalue weighted by atomic mass is 35.5. The van der Waals surface area contributed by atoms with Gasteiger partial charge in [-0.1, -0.05) is 11.6 Å². The van der Waals surface area contributed by atoms with Crippen molar-refractivity contribution in [1.29, 1.82) is 0 Å². The van der Waals surface area contributed by atoms with E-state index in [1.54, 1.807) is 23.1 Å². The van der Waals surface area contributed by atoms with E-state index < -0.39 is 0 Å². The van der Waals surface area contributed by atoms with Crippen molar-refractivity contribution in [1.82, 2.24) is 14.8 Å². The summed E-state index contributed by atoms with van der Waals surface area (Å²) >= 11 is 7.43. The zero-order chi connectivity index (χ0) is 16.7. The number of aryl methyl sites for hydroxylation is 1. The van der Waals surface area contributed by atoms with Crippen LogP contribution in [0, 0.1) is 0 Å². The fraction of sp³-hybridized carbons (Fsp3) is 0.188. The van der Waals surface area contributed by atoms with E-state index in [-0.39, 0.29) is 5.91 Å². The molecule has 0 atom stereocenters. The van der Waals surface area contributed by atoms with E-state index in [2.05, 4.69) is 15.4 Å². The number of hydrogen-bond donors (Lipinski definition) is 1. The lowest BCUT2D eigenvalue weighted by molar-refractivity contribution is 0.103. The van der Waals surface area contributed by atoms with E-state index in [0.29, 0.717) is 27.9 Å². The number of carbonyl (C=O) groups is 1. The van der Waals surface area contributed by atoms with Crippen molar-refractivity contribution >= 4 is 34.5 Å². The third-order valence-corrected chi connectivity index (χ3v) is 4.94. The number of nitrogens with zero attached hydrogens (tertiary/aromatic N) is 3. The van der Waals surface area contributed by atoms with Crippen molar-refractivity contribution in [2.24, 2.45) is 7.05 Å². The summed E-state index contributed by atoms with van der Waals surface area (Å²) in [7, 11) is 1.84. The van der Waals surface area contributed by atoms with Crippen LogP contribution in [0.3, 0.4) is 0 Å². The topological polar surface area (TPSA) is 69.0 Å². The van der Waals surface area contributed by atoms with Crippen molar-refractivity contribution in [2.45, 2.75) is 6.42 Å². The molecule has 1 aromatic carbocycles. The number of halogens is 1. The minimum Gasteiger partial charge on any atom is -0.491 e. The molecule has 122 valence electrons. The van der Waals surface area contributed by atoms with Gasteiger partial charge in [0.05, 0.1) is 24.7 Å². The first-order valence-electron chi connectivity index (χ1n) is 7.31. The van der Waals surface area contributed by atoms with Crippen LogP contribution >= 0.6 is 22.9 Å². The molecule has 0 bridgehead atoms. The number of carbonyl (C=O) groups excluding carboxylic acids is 1. The molecule has 24 heavy (non-hydrogen) atoms. The summed E-state index contributed by atoms with van der Waals surface area (Å²) in [6.07, 6.45) is 5.94. The summed E-state index contributed by atoms with van der Waals surface area (Å²) in [6, 6.07) is 3.57. The third kappa shape index (κ3) is 2.76. The average molecular weight is 361 g/mol. The number of thiazole rings is 1. The highest BCUT2D eigenvalue weighted by molar-refractivity contribution is 7.17. The molecule has 1 amide bonds. The van der Waals surface area contributed by atoms with Crippen LogP contribution in [0.15, 0.2) is 30.7 Å². The molecular formula is C16H13ClN4O2S. The molecule has 1 N–H and O–H groups in total. The van der Waals surface area contributed by atoms with E-state index in [0.717, 1.165) is 22.6 Å². The zero-order valence-electron chi connectivity index (χ0n) is 12.7. The van der Waals surface area contributed by atoms with E-state index in [1.165, 1.54) is 11.3 Å². The molecule has 0 unspecified atom stereocenters. The minimum absolute atomic E-state index is 0.234. The molecule has 0 aliphatic carbocycles. The summed E-state index contributed by atoms with van der Waals surface area (Å²) in [5.74, 6) is 0.465. The lowest BCUT2D eigenvalue weighted by atomic mass is 10.1. The summed E-state index contributed by atoms with van der Waals surface area (Å²) in [6.45, 7) is 0.601. The average Bonchev–Trinajstić information content (AvgIpc) is 3.25. The van der Waals surface area contributed by atoms with Crippen LogP contribution in [-0.4, -0.2) is 27.3 Å². The van der Waals surface area contributed by atoms with Gasteiger partial charge in [0.15, 0.2) is 0 Å². The summed E-state index contributed by atoms with van der Waals surface area (Å²) in [5, 5.41) is 8.32. The summed E-state index contributed by atoms with van der Waals surface area (Å²) < 4.78 is 7.30. The number of amides is 1. The number of benzene rings is 1. The Bertz CT molecular complexity index is 934. The maximum absolute atomic E-state index is 12.5. The first-order chi connectivity index (χ1) is 11.6. The Morgan fingerprint density at radius 2 is 2.29 bits per heavy atom. The van der Waals surface area contributed by atoms with Crippen LogP contribution in [0.5, 0.6) is 5.75 Å². The number of fused-ring (bicyclic) bond motifs is 1. The monoisotopic (exact) mass is 360 g/mol. The van der Waals surface area contributed by atoms with Gasteiger partial charge in [-0.15, -0.1) is 11.3 Å². The predicted molar refractivity (Wildman–Crippen MR) is 92.9 cm³/mol. The zero-order valence-corrected chi connectivity index (χ0v) is 14.3. The lowest BCUT2D eigenvalue weighted by Gasteiger charge is -2.09. The van der Waals surface area contributed by atoms with E-state index in [1.807, 2.05) is 19.3 Å². The van der Waals surface area contributed by atoms with Crippen molar-refractivity contribution in [2.75, 3.05) is 11.9 Å². The van der Waals surface area contributed by atoms with E-state index in [4.69, 9.17) is 16.3 Å². The van der Waals surface area contributed by atoms with Gasteiger partial charge >= 0.3 is 0 Å². The fourth-order valence-electron chi connectivity index (χ4n) is 2.59. The molecule has 8 heteroatoms. The van der Waals surface area contributed by atoms with Gasteiger partial charge in [-0.25, -0.2) is 4.98 Å². The number of aromatic nitrogens is 3. The molecule has 0 saturated carbocycles. The smallest absolute Gasteiger partial charge is 0.267 e.